The highest BCUT2D eigenvalue weighted by Crippen LogP contribution is 2.71. The third-order valence-corrected chi connectivity index (χ3v) is 9.25. The molecule has 1 spiro atoms. The molecular weight excluding hydrogens is 390 g/mol. The lowest BCUT2D eigenvalue weighted by Gasteiger charge is -2.39. The van der Waals surface area contributed by atoms with E-state index in [1.165, 1.54) is 0 Å². The third kappa shape index (κ3) is 3.17. The van der Waals surface area contributed by atoms with Crippen LogP contribution in [0.25, 0.3) is 0 Å². The van der Waals surface area contributed by atoms with Gasteiger partial charge in [0.25, 0.3) is 0 Å². The Kier molecular flexibility index (Phi) is 6.00. The van der Waals surface area contributed by atoms with Gasteiger partial charge in [-0.05, 0) is 39.5 Å². The van der Waals surface area contributed by atoms with Crippen molar-refractivity contribution in [2.24, 2.45) is 17.8 Å². The first-order valence-electron chi connectivity index (χ1n) is 10.7. The van der Waals surface area contributed by atoms with Crippen molar-refractivity contribution in [1.82, 2.24) is 15.5 Å². The molecule has 3 heterocycles. The number of hydrogen-bond acceptors (Lipinski definition) is 5. The van der Waals surface area contributed by atoms with Crippen molar-refractivity contribution in [3.8, 4) is 0 Å². The molecule has 7 nitrogen and oxygen atoms in total. The van der Waals surface area contributed by atoms with Gasteiger partial charge in [-0.25, -0.2) is 0 Å². The van der Waals surface area contributed by atoms with Gasteiger partial charge >= 0.3 is 0 Å². The highest BCUT2D eigenvalue weighted by molar-refractivity contribution is 8.02. The van der Waals surface area contributed by atoms with Crippen LogP contribution in [-0.2, 0) is 14.4 Å². The summed E-state index contributed by atoms with van der Waals surface area (Å²) in [5.74, 6) is -1.41. The highest BCUT2D eigenvalue weighted by Gasteiger charge is 2.77. The molecule has 0 aromatic rings. The summed E-state index contributed by atoms with van der Waals surface area (Å²) in [7, 11) is 1.60. The molecule has 7 atom stereocenters. The third-order valence-electron chi connectivity index (χ3n) is 7.27. The van der Waals surface area contributed by atoms with E-state index in [0.29, 0.717) is 0 Å². The van der Waals surface area contributed by atoms with Crippen LogP contribution in [0.5, 0.6) is 0 Å². The fourth-order valence-electron chi connectivity index (χ4n) is 5.75. The minimum absolute atomic E-state index is 0.0461. The second-order valence-electron chi connectivity index (χ2n) is 9.39. The van der Waals surface area contributed by atoms with Crippen LogP contribution in [0.4, 0.5) is 0 Å². The minimum Gasteiger partial charge on any atom is -0.394 e. The summed E-state index contributed by atoms with van der Waals surface area (Å²) in [6, 6.07) is -1.16. The lowest BCUT2D eigenvalue weighted by Crippen LogP contribution is -2.58. The van der Waals surface area contributed by atoms with Gasteiger partial charge in [-0.3, -0.25) is 14.4 Å². The quantitative estimate of drug-likeness (QED) is 0.568. The maximum absolute atomic E-state index is 13.8. The molecule has 3 amide bonds. The van der Waals surface area contributed by atoms with Crippen LogP contribution in [-0.4, -0.2) is 69.0 Å². The van der Waals surface area contributed by atoms with E-state index in [9.17, 15) is 19.5 Å². The Balaban J connectivity index is 2.12. The molecular formula is C21H35N3O4S. The maximum atomic E-state index is 13.8. The molecule has 2 unspecified atom stereocenters. The molecule has 164 valence electrons. The lowest BCUT2D eigenvalue weighted by atomic mass is 9.66. The van der Waals surface area contributed by atoms with Crippen molar-refractivity contribution in [2.45, 2.75) is 81.5 Å². The Morgan fingerprint density at radius 2 is 1.93 bits per heavy atom. The van der Waals surface area contributed by atoms with Gasteiger partial charge in [0, 0.05) is 17.8 Å². The van der Waals surface area contributed by atoms with Crippen molar-refractivity contribution in [3.63, 3.8) is 0 Å². The summed E-state index contributed by atoms with van der Waals surface area (Å²) in [5, 5.41) is 15.9. The van der Waals surface area contributed by atoms with Crippen LogP contribution in [0.3, 0.4) is 0 Å². The summed E-state index contributed by atoms with van der Waals surface area (Å²) in [4.78, 5) is 41.7. The number of hydrogen-bond donors (Lipinski definition) is 3. The fraction of sp³-hybridized carbons (Fsp3) is 0.857. The number of amides is 3. The Morgan fingerprint density at radius 1 is 1.28 bits per heavy atom. The minimum atomic E-state index is -0.671. The number of fused-ring (bicyclic) bond motifs is 1. The molecule has 3 N–H and O–H groups in total. The van der Waals surface area contributed by atoms with Crippen molar-refractivity contribution in [1.29, 1.82) is 0 Å². The van der Waals surface area contributed by atoms with E-state index >= 15 is 0 Å². The van der Waals surface area contributed by atoms with Crippen LogP contribution in [0.1, 0.15) is 53.9 Å². The summed E-state index contributed by atoms with van der Waals surface area (Å²) in [5.41, 5.74) is 0. The number of thioether (sulfide) groups is 1. The molecule has 29 heavy (non-hydrogen) atoms. The molecule has 3 rings (SSSR count). The van der Waals surface area contributed by atoms with Gasteiger partial charge in [-0.2, -0.15) is 0 Å². The zero-order chi connectivity index (χ0) is 21.7. The number of likely N-dealkylation sites (tertiary alicyclic amines) is 1. The number of nitrogens with one attached hydrogen (secondary N) is 2. The van der Waals surface area contributed by atoms with Crippen LogP contribution >= 0.6 is 11.8 Å². The van der Waals surface area contributed by atoms with Gasteiger partial charge in [0.15, 0.2) is 0 Å². The number of carbonyl (C=O) groups excluding carboxylic acids is 3. The van der Waals surface area contributed by atoms with E-state index in [2.05, 4.69) is 17.6 Å². The topological polar surface area (TPSA) is 98.7 Å². The van der Waals surface area contributed by atoms with Gasteiger partial charge in [0.1, 0.15) is 6.04 Å². The number of nitrogens with zero attached hydrogens (tertiary/aromatic N) is 1. The Bertz CT molecular complexity index is 701. The largest absolute Gasteiger partial charge is 0.394 e. The first-order valence-corrected chi connectivity index (χ1v) is 11.5. The van der Waals surface area contributed by atoms with Crippen LogP contribution in [0, 0.1) is 17.8 Å². The van der Waals surface area contributed by atoms with Crippen molar-refractivity contribution in [3.05, 3.63) is 0 Å². The standard InChI is InChI=1S/C21H35N3O4S/c1-7-12(4)13(10-25)24-16(18(27)23-11(2)3)21-9-8-20(5,29-21)14(17(26)22-6)15(21)19(24)28/h11-16,25H,7-10H2,1-6H3,(H,22,26)(H,23,27)/t12-,13-,14+,15-,16?,20-,21?/m0/s1. The van der Waals surface area contributed by atoms with Gasteiger partial charge in [-0.1, -0.05) is 20.3 Å². The molecule has 0 aromatic heterocycles. The van der Waals surface area contributed by atoms with Gasteiger partial charge in [-0.15, -0.1) is 11.8 Å². The Labute approximate surface area is 177 Å². The molecule has 2 bridgehead atoms. The zero-order valence-corrected chi connectivity index (χ0v) is 19.1. The molecule has 8 heteroatoms. The molecule has 0 saturated carbocycles. The average Bonchev–Trinajstić information content (AvgIpc) is 3.22. The first-order chi connectivity index (χ1) is 13.6. The predicted octanol–water partition coefficient (Wildman–Crippen LogP) is 1.15. The monoisotopic (exact) mass is 425 g/mol. The maximum Gasteiger partial charge on any atom is 0.244 e. The molecule has 3 aliphatic rings. The SMILES string of the molecule is CC[C@H](C)[C@H](CO)N1C(=O)[C@@H]2[C@H](C(=O)NC)[C@]3(C)CCC2(S3)C1C(=O)NC(C)C. The summed E-state index contributed by atoms with van der Waals surface area (Å²) in [6.45, 7) is 9.68. The van der Waals surface area contributed by atoms with Gasteiger partial charge < -0.3 is 20.6 Å². The van der Waals surface area contributed by atoms with Crippen LogP contribution in [0.15, 0.2) is 0 Å². The van der Waals surface area contributed by atoms with E-state index in [-0.39, 0.29) is 41.0 Å². The van der Waals surface area contributed by atoms with E-state index < -0.39 is 28.7 Å². The number of carbonyl (C=O) groups is 3. The van der Waals surface area contributed by atoms with Crippen molar-refractivity contribution < 1.29 is 19.5 Å². The second-order valence-corrected chi connectivity index (χ2v) is 11.3. The molecule has 0 aromatic carbocycles. The molecule has 0 aliphatic carbocycles. The van der Waals surface area contributed by atoms with Gasteiger partial charge in [0.05, 0.1) is 29.2 Å². The second kappa shape index (κ2) is 7.76. The van der Waals surface area contributed by atoms with E-state index in [0.717, 1.165) is 19.3 Å². The predicted molar refractivity (Wildman–Crippen MR) is 113 cm³/mol. The normalized spacial score (nSPS) is 37.6. The molecule has 3 aliphatic heterocycles. The summed E-state index contributed by atoms with van der Waals surface area (Å²) < 4.78 is -0.975. The van der Waals surface area contributed by atoms with Crippen LogP contribution in [0.2, 0.25) is 0 Å². The number of aliphatic hydroxyl groups is 1. The summed E-state index contributed by atoms with van der Waals surface area (Å²) >= 11 is 1.66. The van der Waals surface area contributed by atoms with E-state index in [4.69, 9.17) is 0 Å². The summed E-state index contributed by atoms with van der Waals surface area (Å²) in [6.07, 6.45) is 2.31. The van der Waals surface area contributed by atoms with E-state index in [1.54, 1.807) is 23.7 Å². The highest BCUT2D eigenvalue weighted by atomic mass is 32.2. The van der Waals surface area contributed by atoms with Crippen molar-refractivity contribution >= 4 is 29.5 Å². The Hall–Kier alpha value is -1.28. The lowest BCUT2D eigenvalue weighted by molar-refractivity contribution is -0.144. The average molecular weight is 426 g/mol. The van der Waals surface area contributed by atoms with Crippen molar-refractivity contribution in [2.75, 3.05) is 13.7 Å². The number of rotatable bonds is 7. The molecule has 3 saturated heterocycles. The van der Waals surface area contributed by atoms with Gasteiger partial charge in [0.2, 0.25) is 17.7 Å². The molecule has 0 radical (unpaired) electrons. The Morgan fingerprint density at radius 3 is 2.45 bits per heavy atom. The van der Waals surface area contributed by atoms with Crippen LogP contribution < -0.4 is 10.6 Å². The molecule has 3 fully saturated rings. The van der Waals surface area contributed by atoms with E-state index in [1.807, 2.05) is 27.7 Å². The zero-order valence-electron chi connectivity index (χ0n) is 18.3. The first kappa shape index (κ1) is 22.4. The smallest absolute Gasteiger partial charge is 0.244 e. The number of aliphatic hydroxyl groups excluding tert-OH is 1. The fourth-order valence-corrected chi connectivity index (χ4v) is 8.10.